The highest BCUT2D eigenvalue weighted by atomic mass is 127. The van der Waals surface area contributed by atoms with Crippen LogP contribution in [0.2, 0.25) is 0 Å². The number of hydrogen-bond acceptors (Lipinski definition) is 2. The summed E-state index contributed by atoms with van der Waals surface area (Å²) >= 11 is 2.32. The predicted molar refractivity (Wildman–Crippen MR) is 133 cm³/mol. The molecule has 0 fully saturated rings. The van der Waals surface area contributed by atoms with Crippen LogP contribution in [0.5, 0.6) is 0 Å². The van der Waals surface area contributed by atoms with E-state index in [2.05, 4.69) is 137 Å². The summed E-state index contributed by atoms with van der Waals surface area (Å²) in [6.07, 6.45) is 2.18. The third kappa shape index (κ3) is 3.29. The molecule has 4 heteroatoms. The van der Waals surface area contributed by atoms with Crippen molar-refractivity contribution in [2.24, 2.45) is 0 Å². The van der Waals surface area contributed by atoms with Gasteiger partial charge in [-0.1, -0.05) is 81.4 Å². The van der Waals surface area contributed by atoms with Crippen LogP contribution in [0.15, 0.2) is 79.0 Å². The van der Waals surface area contributed by atoms with Gasteiger partial charge in [-0.15, -0.1) is 10.2 Å². The van der Waals surface area contributed by atoms with Gasteiger partial charge < -0.3 is 0 Å². The first-order chi connectivity index (χ1) is 14.4. The molecule has 2 heterocycles. The minimum atomic E-state index is 0.136. The Morgan fingerprint density at radius 1 is 0.733 bits per heavy atom. The van der Waals surface area contributed by atoms with Crippen molar-refractivity contribution in [3.63, 3.8) is 0 Å². The summed E-state index contributed by atoms with van der Waals surface area (Å²) in [6.45, 7) is 6.73. The Bertz CT molecular complexity index is 1360. The Kier molecular flexibility index (Phi) is 4.62. The lowest BCUT2D eigenvalue weighted by Gasteiger charge is -2.19. The molecule has 0 spiro atoms. The monoisotopic (exact) mass is 503 g/mol. The molecule has 0 amide bonds. The number of aromatic nitrogens is 3. The van der Waals surface area contributed by atoms with E-state index in [4.69, 9.17) is 0 Å². The van der Waals surface area contributed by atoms with Gasteiger partial charge in [-0.2, -0.15) is 0 Å². The van der Waals surface area contributed by atoms with E-state index in [9.17, 15) is 0 Å². The van der Waals surface area contributed by atoms with Gasteiger partial charge in [0.25, 0.3) is 0 Å². The van der Waals surface area contributed by atoms with Crippen molar-refractivity contribution in [2.45, 2.75) is 26.2 Å². The highest BCUT2D eigenvalue weighted by Crippen LogP contribution is 2.34. The van der Waals surface area contributed by atoms with Gasteiger partial charge in [-0.25, -0.2) is 0 Å². The summed E-state index contributed by atoms with van der Waals surface area (Å²) in [6, 6.07) is 25.8. The van der Waals surface area contributed by atoms with Crippen molar-refractivity contribution in [1.29, 1.82) is 0 Å². The van der Waals surface area contributed by atoms with Crippen LogP contribution in [0.1, 0.15) is 26.3 Å². The molecule has 0 unspecified atom stereocenters. The maximum Gasteiger partial charge on any atom is 0.169 e. The van der Waals surface area contributed by atoms with E-state index in [-0.39, 0.29) is 5.41 Å². The van der Waals surface area contributed by atoms with Gasteiger partial charge in [-0.3, -0.25) is 4.40 Å². The molecule has 148 valence electrons. The maximum absolute atomic E-state index is 4.54. The van der Waals surface area contributed by atoms with Crippen molar-refractivity contribution in [1.82, 2.24) is 14.6 Å². The summed E-state index contributed by atoms with van der Waals surface area (Å²) in [7, 11) is 0. The molecular formula is C26H22IN3. The normalized spacial score (nSPS) is 12.0. The molecule has 0 N–H and O–H groups in total. The summed E-state index contributed by atoms with van der Waals surface area (Å²) in [5.41, 5.74) is 5.80. The molecule has 0 aliphatic heterocycles. The summed E-state index contributed by atoms with van der Waals surface area (Å²) in [5, 5.41) is 11.4. The lowest BCUT2D eigenvalue weighted by Crippen LogP contribution is -2.10. The maximum atomic E-state index is 4.54. The van der Waals surface area contributed by atoms with Gasteiger partial charge in [0.05, 0.1) is 0 Å². The fourth-order valence-corrected chi connectivity index (χ4v) is 4.24. The van der Waals surface area contributed by atoms with Crippen molar-refractivity contribution < 1.29 is 0 Å². The predicted octanol–water partition coefficient (Wildman–Crippen LogP) is 7.12. The molecule has 5 aromatic rings. The molecule has 0 bridgehead atoms. The van der Waals surface area contributed by atoms with Gasteiger partial charge >= 0.3 is 0 Å². The molecule has 0 aliphatic carbocycles. The minimum Gasteiger partial charge on any atom is -0.281 e. The third-order valence-corrected chi connectivity index (χ3v) is 6.30. The molecule has 30 heavy (non-hydrogen) atoms. The molecule has 3 nitrogen and oxygen atoms in total. The molecule has 3 aromatic carbocycles. The fourth-order valence-electron chi connectivity index (χ4n) is 3.88. The molecule has 5 rings (SSSR count). The lowest BCUT2D eigenvalue weighted by molar-refractivity contribution is 0.590. The SMILES string of the molecule is CC(C)(C)c1ccc(-c2cn3c(-c4ccc(I)cc4)nnc3c3ccccc23)cc1. The number of hydrogen-bond donors (Lipinski definition) is 0. The van der Waals surface area contributed by atoms with Crippen LogP contribution in [0.3, 0.4) is 0 Å². The van der Waals surface area contributed by atoms with E-state index in [1.165, 1.54) is 25.6 Å². The van der Waals surface area contributed by atoms with E-state index in [0.717, 1.165) is 22.4 Å². The molecule has 2 aromatic heterocycles. The van der Waals surface area contributed by atoms with E-state index in [1.54, 1.807) is 0 Å². The molecule has 0 atom stereocenters. The van der Waals surface area contributed by atoms with Crippen molar-refractivity contribution in [2.75, 3.05) is 0 Å². The Balaban J connectivity index is 1.76. The quantitative estimate of drug-likeness (QED) is 0.240. The average molecular weight is 503 g/mol. The standard InChI is InChI=1S/C26H22IN3/c1-26(2,3)19-12-8-17(9-13-19)23-16-30-24(18-10-14-20(27)15-11-18)28-29-25(30)22-7-5-4-6-21(22)23/h4-16H,1-3H3. The van der Waals surface area contributed by atoms with Crippen molar-refractivity contribution >= 4 is 39.0 Å². The highest BCUT2D eigenvalue weighted by molar-refractivity contribution is 14.1. The fraction of sp³-hybridized carbons (Fsp3) is 0.154. The zero-order valence-electron chi connectivity index (χ0n) is 17.2. The second-order valence-electron chi connectivity index (χ2n) is 8.64. The minimum absolute atomic E-state index is 0.136. The zero-order valence-corrected chi connectivity index (χ0v) is 19.4. The van der Waals surface area contributed by atoms with Crippen molar-refractivity contribution in [3.05, 3.63) is 88.1 Å². The van der Waals surface area contributed by atoms with Crippen LogP contribution < -0.4 is 0 Å². The first kappa shape index (κ1) is 19.2. The molecule has 0 radical (unpaired) electrons. The van der Waals surface area contributed by atoms with E-state index >= 15 is 0 Å². The summed E-state index contributed by atoms with van der Waals surface area (Å²) in [4.78, 5) is 0. The smallest absolute Gasteiger partial charge is 0.169 e. The third-order valence-electron chi connectivity index (χ3n) is 5.58. The zero-order chi connectivity index (χ0) is 20.9. The van der Waals surface area contributed by atoms with Gasteiger partial charge in [0.15, 0.2) is 11.5 Å². The van der Waals surface area contributed by atoms with E-state index in [1.807, 2.05) is 0 Å². The Morgan fingerprint density at radius 3 is 2.03 bits per heavy atom. The Hall–Kier alpha value is -2.73. The number of nitrogens with zero attached hydrogens (tertiary/aromatic N) is 3. The van der Waals surface area contributed by atoms with Gasteiger partial charge in [0, 0.05) is 26.3 Å². The van der Waals surface area contributed by atoms with Crippen LogP contribution in [0.25, 0.3) is 38.9 Å². The van der Waals surface area contributed by atoms with E-state index < -0.39 is 0 Å². The van der Waals surface area contributed by atoms with Crippen LogP contribution in [-0.4, -0.2) is 14.6 Å². The summed E-state index contributed by atoms with van der Waals surface area (Å²) in [5.74, 6) is 0.861. The number of halogens is 1. The lowest BCUT2D eigenvalue weighted by atomic mass is 9.86. The van der Waals surface area contributed by atoms with Crippen LogP contribution in [0, 0.1) is 3.57 Å². The molecule has 0 aliphatic rings. The first-order valence-corrected chi connectivity index (χ1v) is 11.1. The molecular weight excluding hydrogens is 481 g/mol. The van der Waals surface area contributed by atoms with Crippen LogP contribution >= 0.6 is 22.6 Å². The van der Waals surface area contributed by atoms with Gasteiger partial charge in [-0.05, 0) is 56.7 Å². The number of pyridine rings is 1. The highest BCUT2D eigenvalue weighted by Gasteiger charge is 2.16. The number of benzene rings is 3. The Labute approximate surface area is 189 Å². The van der Waals surface area contributed by atoms with E-state index in [0.29, 0.717) is 0 Å². The molecule has 0 saturated carbocycles. The molecule has 0 saturated heterocycles. The van der Waals surface area contributed by atoms with Gasteiger partial charge in [0.2, 0.25) is 0 Å². The van der Waals surface area contributed by atoms with Gasteiger partial charge in [0.1, 0.15) is 0 Å². The van der Waals surface area contributed by atoms with Crippen LogP contribution in [0.4, 0.5) is 0 Å². The topological polar surface area (TPSA) is 30.2 Å². The number of fused-ring (bicyclic) bond motifs is 3. The number of rotatable bonds is 2. The summed E-state index contributed by atoms with van der Waals surface area (Å²) < 4.78 is 3.33. The first-order valence-electron chi connectivity index (χ1n) is 10.1. The second-order valence-corrected chi connectivity index (χ2v) is 9.89. The van der Waals surface area contributed by atoms with Crippen molar-refractivity contribution in [3.8, 4) is 22.5 Å². The Morgan fingerprint density at radius 2 is 1.37 bits per heavy atom. The average Bonchev–Trinajstić information content (AvgIpc) is 3.17. The van der Waals surface area contributed by atoms with Crippen LogP contribution in [-0.2, 0) is 5.41 Å². The largest absolute Gasteiger partial charge is 0.281 e. The second kappa shape index (κ2) is 7.20.